The molecule has 0 radical (unpaired) electrons. The van der Waals surface area contributed by atoms with Gasteiger partial charge in [0, 0.05) is 39.7 Å². The summed E-state index contributed by atoms with van der Waals surface area (Å²) in [5.41, 5.74) is 5.55. The molecule has 0 atom stereocenters. The van der Waals surface area contributed by atoms with Crippen LogP contribution in [0.2, 0.25) is 0 Å². The second-order valence-corrected chi connectivity index (χ2v) is 8.26. The lowest BCUT2D eigenvalue weighted by molar-refractivity contribution is -0.120. The Kier molecular flexibility index (Phi) is 8.43. The van der Waals surface area contributed by atoms with Crippen LogP contribution in [0.5, 0.6) is 5.75 Å². The molecule has 0 aliphatic heterocycles. The monoisotopic (exact) mass is 466 g/mol. The van der Waals surface area contributed by atoms with E-state index >= 15 is 0 Å². The largest absolute Gasteiger partial charge is 0.492 e. The number of ether oxygens (including phenoxy) is 1. The van der Waals surface area contributed by atoms with Gasteiger partial charge in [0.2, 0.25) is 0 Å². The first-order valence-corrected chi connectivity index (χ1v) is 12.0. The van der Waals surface area contributed by atoms with Gasteiger partial charge in [-0.2, -0.15) is 5.10 Å². The van der Waals surface area contributed by atoms with E-state index in [1.807, 2.05) is 37.4 Å². The minimum Gasteiger partial charge on any atom is -0.492 e. The molecule has 8 heteroatoms. The molecule has 0 bridgehead atoms. The average molecular weight is 467 g/mol. The third kappa shape index (κ3) is 5.90. The SMILES string of the molecule is CCOc1ccc(C(=O)NCC(=O)N/N=C(\C)c2csc3ccccc23)cc1N(CC)CC. The molecule has 1 aromatic heterocycles. The van der Waals surface area contributed by atoms with Crippen LogP contribution in [0.1, 0.15) is 43.6 Å². The number of nitrogens with zero attached hydrogens (tertiary/aromatic N) is 2. The highest BCUT2D eigenvalue weighted by Crippen LogP contribution is 2.30. The van der Waals surface area contributed by atoms with E-state index in [0.29, 0.717) is 17.9 Å². The molecule has 174 valence electrons. The summed E-state index contributed by atoms with van der Waals surface area (Å²) in [7, 11) is 0. The number of rotatable bonds is 10. The maximum atomic E-state index is 12.7. The summed E-state index contributed by atoms with van der Waals surface area (Å²) in [4.78, 5) is 27.0. The summed E-state index contributed by atoms with van der Waals surface area (Å²) in [5, 5.41) is 10.00. The molecule has 0 aliphatic carbocycles. The van der Waals surface area contributed by atoms with E-state index in [4.69, 9.17) is 4.74 Å². The Hall–Kier alpha value is -3.39. The third-order valence-electron chi connectivity index (χ3n) is 5.25. The Balaban J connectivity index is 1.62. The standard InChI is InChI=1S/C25H30N4O3S/c1-5-29(6-2)21-14-18(12-13-22(21)32-7-3)25(31)26-15-24(30)28-27-17(4)20-16-33-23-11-9-8-10-19(20)23/h8-14,16H,5-7,15H2,1-4H3,(H,26,31)(H,28,30)/b27-17+. The highest BCUT2D eigenvalue weighted by molar-refractivity contribution is 7.17. The molecule has 0 fully saturated rings. The fourth-order valence-corrected chi connectivity index (χ4v) is 4.52. The zero-order valence-corrected chi connectivity index (χ0v) is 20.3. The highest BCUT2D eigenvalue weighted by Gasteiger charge is 2.15. The third-order valence-corrected chi connectivity index (χ3v) is 6.22. The molecule has 2 N–H and O–H groups in total. The van der Waals surface area contributed by atoms with Crippen molar-refractivity contribution < 1.29 is 14.3 Å². The summed E-state index contributed by atoms with van der Waals surface area (Å²) in [6.07, 6.45) is 0. The first kappa shape index (κ1) is 24.3. The number of carbonyl (C=O) groups is 2. The summed E-state index contributed by atoms with van der Waals surface area (Å²) in [5.74, 6) is 0.0181. The second-order valence-electron chi connectivity index (χ2n) is 7.35. The predicted molar refractivity (Wildman–Crippen MR) is 136 cm³/mol. The van der Waals surface area contributed by atoms with Crippen molar-refractivity contribution in [1.29, 1.82) is 0 Å². The van der Waals surface area contributed by atoms with Gasteiger partial charge in [-0.25, -0.2) is 5.43 Å². The van der Waals surface area contributed by atoms with Crippen molar-refractivity contribution in [2.75, 3.05) is 31.1 Å². The van der Waals surface area contributed by atoms with Crippen molar-refractivity contribution in [3.8, 4) is 5.75 Å². The predicted octanol–water partition coefficient (Wildman–Crippen LogP) is 4.42. The van der Waals surface area contributed by atoms with Gasteiger partial charge in [0.25, 0.3) is 11.8 Å². The van der Waals surface area contributed by atoms with E-state index in [1.165, 1.54) is 4.70 Å². The molecule has 3 aromatic rings. The molecular weight excluding hydrogens is 436 g/mol. The first-order chi connectivity index (χ1) is 16.0. The number of anilines is 1. The number of nitrogens with one attached hydrogen (secondary N) is 2. The van der Waals surface area contributed by atoms with Gasteiger partial charge in [-0.3, -0.25) is 9.59 Å². The van der Waals surface area contributed by atoms with Crippen LogP contribution in [0.4, 0.5) is 5.69 Å². The smallest absolute Gasteiger partial charge is 0.259 e. The summed E-state index contributed by atoms with van der Waals surface area (Å²) in [6.45, 7) is 9.84. The normalized spacial score (nSPS) is 11.3. The van der Waals surface area contributed by atoms with Crippen LogP contribution in [0.25, 0.3) is 10.1 Å². The summed E-state index contributed by atoms with van der Waals surface area (Å²) < 4.78 is 6.88. The van der Waals surface area contributed by atoms with Gasteiger partial charge >= 0.3 is 0 Å². The molecule has 7 nitrogen and oxygen atoms in total. The summed E-state index contributed by atoms with van der Waals surface area (Å²) >= 11 is 1.64. The van der Waals surface area contributed by atoms with Gasteiger partial charge < -0.3 is 15.0 Å². The number of carbonyl (C=O) groups excluding carboxylic acids is 2. The van der Waals surface area contributed by atoms with Gasteiger partial charge in [0.05, 0.1) is 24.6 Å². The minimum atomic E-state index is -0.392. The number of hydrogen-bond acceptors (Lipinski definition) is 6. The highest BCUT2D eigenvalue weighted by atomic mass is 32.1. The average Bonchev–Trinajstić information content (AvgIpc) is 3.27. The van der Waals surface area contributed by atoms with Crippen LogP contribution in [0.15, 0.2) is 52.9 Å². The lowest BCUT2D eigenvalue weighted by Gasteiger charge is -2.24. The van der Waals surface area contributed by atoms with E-state index < -0.39 is 5.91 Å². The van der Waals surface area contributed by atoms with Gasteiger partial charge in [-0.1, -0.05) is 18.2 Å². The Morgan fingerprint density at radius 1 is 1.09 bits per heavy atom. The Morgan fingerprint density at radius 2 is 1.85 bits per heavy atom. The molecule has 2 aromatic carbocycles. The maximum absolute atomic E-state index is 12.7. The number of benzene rings is 2. The number of hydrazone groups is 1. The van der Waals surface area contributed by atoms with Gasteiger partial charge in [0.15, 0.2) is 0 Å². The zero-order chi connectivity index (χ0) is 23.8. The molecule has 0 saturated carbocycles. The van der Waals surface area contributed by atoms with Gasteiger partial charge in [-0.05, 0) is 52.0 Å². The van der Waals surface area contributed by atoms with Gasteiger partial charge in [-0.15, -0.1) is 11.3 Å². The minimum absolute atomic E-state index is 0.173. The van der Waals surface area contributed by atoms with Crippen LogP contribution in [0, 0.1) is 0 Å². The molecule has 0 aliphatic rings. The van der Waals surface area contributed by atoms with Crippen molar-refractivity contribution >= 4 is 44.6 Å². The van der Waals surface area contributed by atoms with E-state index in [1.54, 1.807) is 29.5 Å². The van der Waals surface area contributed by atoms with Crippen LogP contribution in [-0.4, -0.2) is 43.8 Å². The lowest BCUT2D eigenvalue weighted by Crippen LogP contribution is -2.35. The number of amides is 2. The van der Waals surface area contributed by atoms with Crippen molar-refractivity contribution in [2.24, 2.45) is 5.10 Å². The Bertz CT molecular complexity index is 1150. The van der Waals surface area contributed by atoms with E-state index in [9.17, 15) is 9.59 Å². The molecule has 3 rings (SSSR count). The number of hydrogen-bond donors (Lipinski definition) is 2. The molecule has 0 spiro atoms. The maximum Gasteiger partial charge on any atom is 0.259 e. The van der Waals surface area contributed by atoms with Crippen molar-refractivity contribution in [1.82, 2.24) is 10.7 Å². The topological polar surface area (TPSA) is 83.0 Å². The van der Waals surface area contributed by atoms with Crippen LogP contribution in [0.3, 0.4) is 0 Å². The van der Waals surface area contributed by atoms with Crippen molar-refractivity contribution in [2.45, 2.75) is 27.7 Å². The quantitative estimate of drug-likeness (QED) is 0.342. The van der Waals surface area contributed by atoms with E-state index in [-0.39, 0.29) is 12.5 Å². The molecule has 0 saturated heterocycles. The van der Waals surface area contributed by atoms with Crippen molar-refractivity contribution in [3.63, 3.8) is 0 Å². The van der Waals surface area contributed by atoms with E-state index in [0.717, 1.165) is 35.5 Å². The van der Waals surface area contributed by atoms with Gasteiger partial charge in [0.1, 0.15) is 5.75 Å². The first-order valence-electron chi connectivity index (χ1n) is 11.1. The molecule has 0 unspecified atom stereocenters. The molecular formula is C25H30N4O3S. The van der Waals surface area contributed by atoms with Crippen molar-refractivity contribution in [3.05, 3.63) is 59.0 Å². The fourth-order valence-electron chi connectivity index (χ4n) is 3.51. The zero-order valence-electron chi connectivity index (χ0n) is 19.5. The lowest BCUT2D eigenvalue weighted by atomic mass is 10.1. The molecule has 2 amide bonds. The molecule has 1 heterocycles. The number of fused-ring (bicyclic) bond motifs is 1. The Morgan fingerprint density at radius 3 is 2.58 bits per heavy atom. The Labute approximate surface area is 198 Å². The fraction of sp³-hybridized carbons (Fsp3) is 0.320. The van der Waals surface area contributed by atoms with Crippen LogP contribution < -0.4 is 20.4 Å². The van der Waals surface area contributed by atoms with E-state index in [2.05, 4.69) is 40.7 Å². The molecule has 33 heavy (non-hydrogen) atoms. The second kappa shape index (κ2) is 11.5. The van der Waals surface area contributed by atoms with Crippen LogP contribution in [-0.2, 0) is 4.79 Å². The number of thiophene rings is 1. The van der Waals surface area contributed by atoms with Crippen LogP contribution >= 0.6 is 11.3 Å². The summed E-state index contributed by atoms with van der Waals surface area (Å²) in [6, 6.07) is 13.4.